The molecule has 136 valence electrons. The Bertz CT molecular complexity index is 696. The van der Waals surface area contributed by atoms with E-state index < -0.39 is 0 Å². The average molecular weight is 344 g/mol. The zero-order valence-electron chi connectivity index (χ0n) is 15.6. The molecule has 1 aliphatic rings. The third-order valence-corrected chi connectivity index (χ3v) is 4.41. The van der Waals surface area contributed by atoms with E-state index in [0.717, 1.165) is 42.5 Å². The van der Waals surface area contributed by atoms with Crippen LogP contribution in [0.4, 0.5) is 0 Å². The van der Waals surface area contributed by atoms with Crippen molar-refractivity contribution in [3.05, 3.63) is 41.3 Å². The molecule has 0 amide bonds. The Morgan fingerprint density at radius 2 is 2.12 bits per heavy atom. The van der Waals surface area contributed by atoms with E-state index >= 15 is 0 Å². The van der Waals surface area contributed by atoms with Crippen LogP contribution in [0.1, 0.15) is 56.7 Å². The molecule has 1 aromatic carbocycles. The van der Waals surface area contributed by atoms with Crippen LogP contribution in [0.5, 0.6) is 11.5 Å². The van der Waals surface area contributed by atoms with E-state index in [9.17, 15) is 0 Å². The van der Waals surface area contributed by atoms with E-state index in [2.05, 4.69) is 22.2 Å². The van der Waals surface area contributed by atoms with Crippen molar-refractivity contribution in [1.82, 2.24) is 10.1 Å². The van der Waals surface area contributed by atoms with Crippen molar-refractivity contribution in [2.75, 3.05) is 13.2 Å². The van der Waals surface area contributed by atoms with E-state index in [1.54, 1.807) is 0 Å². The molecule has 0 spiro atoms. The molecule has 3 rings (SSSR count). The van der Waals surface area contributed by atoms with Gasteiger partial charge in [0.25, 0.3) is 0 Å². The fourth-order valence-corrected chi connectivity index (χ4v) is 3.40. The molecule has 0 aliphatic carbocycles. The van der Waals surface area contributed by atoms with Crippen LogP contribution in [0.3, 0.4) is 0 Å². The minimum atomic E-state index is 0.128. The molecule has 0 radical (unpaired) electrons. The fourth-order valence-electron chi connectivity index (χ4n) is 3.40. The van der Waals surface area contributed by atoms with Crippen molar-refractivity contribution >= 4 is 0 Å². The van der Waals surface area contributed by atoms with Crippen molar-refractivity contribution < 1.29 is 14.0 Å². The highest BCUT2D eigenvalue weighted by Crippen LogP contribution is 2.35. The summed E-state index contributed by atoms with van der Waals surface area (Å²) in [5.41, 5.74) is 2.27. The Balaban J connectivity index is 1.76. The van der Waals surface area contributed by atoms with Gasteiger partial charge in [-0.1, -0.05) is 11.2 Å². The molecule has 1 atom stereocenters. The van der Waals surface area contributed by atoms with Crippen LogP contribution in [0, 0.1) is 6.92 Å². The lowest BCUT2D eigenvalue weighted by molar-refractivity contribution is 0.221. The first-order chi connectivity index (χ1) is 12.1. The first-order valence-electron chi connectivity index (χ1n) is 9.16. The summed E-state index contributed by atoms with van der Waals surface area (Å²) < 4.78 is 16.9. The van der Waals surface area contributed by atoms with E-state index in [1.165, 1.54) is 12.0 Å². The molecule has 0 saturated carbocycles. The molecule has 1 aliphatic heterocycles. The molecule has 1 saturated heterocycles. The molecule has 1 fully saturated rings. The summed E-state index contributed by atoms with van der Waals surface area (Å²) in [5, 5.41) is 4.22. The largest absolute Gasteiger partial charge is 0.490 e. The second-order valence-electron chi connectivity index (χ2n) is 6.87. The summed E-state index contributed by atoms with van der Waals surface area (Å²) >= 11 is 0. The summed E-state index contributed by atoms with van der Waals surface area (Å²) in [7, 11) is 0. The molecule has 0 N–H and O–H groups in total. The highest BCUT2D eigenvalue weighted by molar-refractivity contribution is 5.43. The molecular weight excluding hydrogens is 316 g/mol. The van der Waals surface area contributed by atoms with Gasteiger partial charge in [0, 0.05) is 12.6 Å². The Morgan fingerprint density at radius 1 is 1.28 bits per heavy atom. The molecule has 1 aromatic heterocycles. The Labute approximate surface area is 149 Å². The van der Waals surface area contributed by atoms with Crippen LogP contribution < -0.4 is 9.47 Å². The van der Waals surface area contributed by atoms with Crippen LogP contribution in [0.2, 0.25) is 0 Å². The van der Waals surface area contributed by atoms with Crippen LogP contribution in [0.25, 0.3) is 0 Å². The number of aryl methyl sites for hydroxylation is 1. The molecule has 5 heteroatoms. The standard InChI is InChI=1S/C20H28N2O3/c1-5-23-20-12-16(8-9-19(20)24-14(2)3)13-22-10-6-7-18(22)17-11-15(4)25-21-17/h8-9,11-12,14,18H,5-7,10,13H2,1-4H3/t18-/m0/s1. The summed E-state index contributed by atoms with van der Waals surface area (Å²) in [6, 6.07) is 8.63. The van der Waals surface area contributed by atoms with Gasteiger partial charge in [-0.05, 0) is 64.8 Å². The zero-order chi connectivity index (χ0) is 17.8. The molecule has 2 heterocycles. The molecule has 0 bridgehead atoms. The number of likely N-dealkylation sites (tertiary alicyclic amines) is 1. The second-order valence-corrected chi connectivity index (χ2v) is 6.87. The summed E-state index contributed by atoms with van der Waals surface area (Å²) in [4.78, 5) is 2.46. The van der Waals surface area contributed by atoms with Gasteiger partial charge in [0.05, 0.1) is 18.8 Å². The van der Waals surface area contributed by atoms with Crippen molar-refractivity contribution in [2.45, 2.75) is 59.2 Å². The minimum Gasteiger partial charge on any atom is -0.490 e. The number of nitrogens with zero attached hydrogens (tertiary/aromatic N) is 2. The second kappa shape index (κ2) is 7.91. The number of hydrogen-bond donors (Lipinski definition) is 0. The van der Waals surface area contributed by atoms with Gasteiger partial charge in [-0.15, -0.1) is 0 Å². The van der Waals surface area contributed by atoms with Crippen molar-refractivity contribution in [3.8, 4) is 11.5 Å². The van der Waals surface area contributed by atoms with Crippen LogP contribution in [-0.2, 0) is 6.54 Å². The number of rotatable bonds is 7. The lowest BCUT2D eigenvalue weighted by Gasteiger charge is -2.23. The molecular formula is C20H28N2O3. The maximum Gasteiger partial charge on any atom is 0.161 e. The van der Waals surface area contributed by atoms with Gasteiger partial charge >= 0.3 is 0 Å². The van der Waals surface area contributed by atoms with Gasteiger partial charge in [0.2, 0.25) is 0 Å². The fraction of sp³-hybridized carbons (Fsp3) is 0.550. The third kappa shape index (κ3) is 4.34. The first-order valence-corrected chi connectivity index (χ1v) is 9.16. The number of hydrogen-bond acceptors (Lipinski definition) is 5. The van der Waals surface area contributed by atoms with E-state index in [0.29, 0.717) is 12.6 Å². The molecule has 5 nitrogen and oxygen atoms in total. The van der Waals surface area contributed by atoms with Crippen molar-refractivity contribution in [2.24, 2.45) is 0 Å². The summed E-state index contributed by atoms with van der Waals surface area (Å²) in [6.07, 6.45) is 2.44. The highest BCUT2D eigenvalue weighted by Gasteiger charge is 2.28. The monoisotopic (exact) mass is 344 g/mol. The first kappa shape index (κ1) is 17.8. The number of aromatic nitrogens is 1. The zero-order valence-corrected chi connectivity index (χ0v) is 15.6. The minimum absolute atomic E-state index is 0.128. The van der Waals surface area contributed by atoms with Gasteiger partial charge in [-0.25, -0.2) is 0 Å². The van der Waals surface area contributed by atoms with Crippen LogP contribution >= 0.6 is 0 Å². The smallest absolute Gasteiger partial charge is 0.161 e. The van der Waals surface area contributed by atoms with Gasteiger partial charge in [0.1, 0.15) is 11.5 Å². The molecule has 0 unspecified atom stereocenters. The Kier molecular flexibility index (Phi) is 5.63. The molecule has 2 aromatic rings. The van der Waals surface area contributed by atoms with Crippen molar-refractivity contribution in [1.29, 1.82) is 0 Å². The van der Waals surface area contributed by atoms with Gasteiger partial charge in [-0.3, -0.25) is 4.90 Å². The van der Waals surface area contributed by atoms with Crippen LogP contribution in [0.15, 0.2) is 28.8 Å². The maximum atomic E-state index is 5.86. The summed E-state index contributed by atoms with van der Waals surface area (Å²) in [5.74, 6) is 2.50. The topological polar surface area (TPSA) is 47.7 Å². The average Bonchev–Trinajstić information content (AvgIpc) is 3.18. The van der Waals surface area contributed by atoms with Gasteiger partial charge in [-0.2, -0.15) is 0 Å². The number of ether oxygens (including phenoxy) is 2. The molecule has 25 heavy (non-hydrogen) atoms. The SMILES string of the molecule is CCOc1cc(CN2CCC[C@H]2c2cc(C)on2)ccc1OC(C)C. The van der Waals surface area contributed by atoms with Gasteiger partial charge in [0.15, 0.2) is 11.5 Å². The maximum absolute atomic E-state index is 5.86. The van der Waals surface area contributed by atoms with Crippen LogP contribution in [-0.4, -0.2) is 29.3 Å². The van der Waals surface area contributed by atoms with Gasteiger partial charge < -0.3 is 14.0 Å². The lowest BCUT2D eigenvalue weighted by Crippen LogP contribution is -2.23. The Hall–Kier alpha value is -2.01. The van der Waals surface area contributed by atoms with E-state index in [1.807, 2.05) is 39.8 Å². The van der Waals surface area contributed by atoms with E-state index in [-0.39, 0.29) is 6.10 Å². The third-order valence-electron chi connectivity index (χ3n) is 4.41. The normalized spacial score (nSPS) is 18.0. The number of benzene rings is 1. The Morgan fingerprint density at radius 3 is 2.80 bits per heavy atom. The lowest BCUT2D eigenvalue weighted by atomic mass is 10.1. The predicted octanol–water partition coefficient (Wildman–Crippen LogP) is 4.51. The highest BCUT2D eigenvalue weighted by atomic mass is 16.5. The van der Waals surface area contributed by atoms with E-state index in [4.69, 9.17) is 14.0 Å². The summed E-state index contributed by atoms with van der Waals surface area (Å²) in [6.45, 7) is 10.6. The van der Waals surface area contributed by atoms with Crippen molar-refractivity contribution in [3.63, 3.8) is 0 Å². The predicted molar refractivity (Wildman–Crippen MR) is 97.0 cm³/mol. The quantitative estimate of drug-likeness (QED) is 0.740.